The summed E-state index contributed by atoms with van der Waals surface area (Å²) in [5.74, 6) is 1.53. The lowest BCUT2D eigenvalue weighted by Crippen LogP contribution is -2.43. The van der Waals surface area contributed by atoms with E-state index < -0.39 is 0 Å². The van der Waals surface area contributed by atoms with Crippen LogP contribution in [-0.2, 0) is 6.54 Å². The molecule has 16 heavy (non-hydrogen) atoms. The first-order valence-electron chi connectivity index (χ1n) is 6.05. The second-order valence-electron chi connectivity index (χ2n) is 4.89. The Kier molecular flexibility index (Phi) is 3.61. The van der Waals surface area contributed by atoms with Gasteiger partial charge in [0.05, 0.1) is 5.69 Å². The summed E-state index contributed by atoms with van der Waals surface area (Å²) in [6, 6.07) is 2.64. The Morgan fingerprint density at radius 3 is 3.00 bits per heavy atom. The van der Waals surface area contributed by atoms with Gasteiger partial charge in [-0.05, 0) is 39.2 Å². The van der Waals surface area contributed by atoms with Gasteiger partial charge in [-0.1, -0.05) is 5.16 Å². The van der Waals surface area contributed by atoms with E-state index in [1.54, 1.807) is 0 Å². The van der Waals surface area contributed by atoms with Crippen LogP contribution in [0.5, 0.6) is 0 Å². The number of likely N-dealkylation sites (tertiary alicyclic amines) is 1. The first kappa shape index (κ1) is 11.6. The fourth-order valence-electron chi connectivity index (χ4n) is 2.38. The molecule has 0 amide bonds. The van der Waals surface area contributed by atoms with Crippen LogP contribution in [0.25, 0.3) is 0 Å². The van der Waals surface area contributed by atoms with Crippen LogP contribution in [0.1, 0.15) is 31.2 Å². The Bertz CT molecular complexity index is 337. The molecule has 1 aromatic rings. The molecule has 2 unspecified atom stereocenters. The highest BCUT2D eigenvalue weighted by Gasteiger charge is 2.25. The molecule has 90 valence electrons. The van der Waals surface area contributed by atoms with E-state index in [-0.39, 0.29) is 0 Å². The molecular formula is C12H21N3O. The molecule has 2 N–H and O–H groups in total. The number of hydrogen-bond acceptors (Lipinski definition) is 4. The van der Waals surface area contributed by atoms with E-state index in [1.807, 2.05) is 13.0 Å². The molecule has 4 nitrogen and oxygen atoms in total. The zero-order chi connectivity index (χ0) is 11.5. The quantitative estimate of drug-likeness (QED) is 0.844. The second kappa shape index (κ2) is 4.97. The van der Waals surface area contributed by atoms with E-state index in [2.05, 4.69) is 17.0 Å². The van der Waals surface area contributed by atoms with Gasteiger partial charge in [-0.15, -0.1) is 0 Å². The van der Waals surface area contributed by atoms with Crippen LogP contribution in [0.2, 0.25) is 0 Å². The molecule has 2 rings (SSSR count). The van der Waals surface area contributed by atoms with Gasteiger partial charge < -0.3 is 10.3 Å². The van der Waals surface area contributed by atoms with E-state index >= 15 is 0 Å². The van der Waals surface area contributed by atoms with Crippen LogP contribution < -0.4 is 5.73 Å². The highest BCUT2D eigenvalue weighted by atomic mass is 16.5. The van der Waals surface area contributed by atoms with Crippen molar-refractivity contribution in [2.75, 3.05) is 13.1 Å². The molecule has 1 aliphatic rings. The number of rotatable bonds is 3. The molecule has 0 aromatic carbocycles. The van der Waals surface area contributed by atoms with E-state index in [9.17, 15) is 0 Å². The van der Waals surface area contributed by atoms with Gasteiger partial charge in [0.1, 0.15) is 5.76 Å². The van der Waals surface area contributed by atoms with Gasteiger partial charge in [0.15, 0.2) is 0 Å². The fourth-order valence-corrected chi connectivity index (χ4v) is 2.38. The molecule has 1 aliphatic heterocycles. The largest absolute Gasteiger partial charge is 0.361 e. The predicted octanol–water partition coefficient (Wildman–Crippen LogP) is 1.54. The van der Waals surface area contributed by atoms with E-state index in [4.69, 9.17) is 10.3 Å². The summed E-state index contributed by atoms with van der Waals surface area (Å²) in [6.45, 7) is 6.97. The van der Waals surface area contributed by atoms with Crippen molar-refractivity contribution in [1.82, 2.24) is 10.1 Å². The van der Waals surface area contributed by atoms with Crippen molar-refractivity contribution in [3.05, 3.63) is 17.5 Å². The minimum Gasteiger partial charge on any atom is -0.361 e. The number of aryl methyl sites for hydroxylation is 1. The molecule has 1 aromatic heterocycles. The Morgan fingerprint density at radius 2 is 2.38 bits per heavy atom. The number of nitrogens with two attached hydrogens (primary N) is 1. The van der Waals surface area contributed by atoms with E-state index in [1.165, 1.54) is 12.8 Å². The third kappa shape index (κ3) is 2.62. The first-order chi connectivity index (χ1) is 7.69. The molecule has 0 spiro atoms. The summed E-state index contributed by atoms with van der Waals surface area (Å²) in [7, 11) is 0. The van der Waals surface area contributed by atoms with Gasteiger partial charge in [0, 0.05) is 25.2 Å². The topological polar surface area (TPSA) is 55.3 Å². The average molecular weight is 223 g/mol. The van der Waals surface area contributed by atoms with Crippen LogP contribution in [0.15, 0.2) is 10.6 Å². The number of nitrogens with zero attached hydrogens (tertiary/aromatic N) is 2. The lowest BCUT2D eigenvalue weighted by molar-refractivity contribution is 0.110. The minimum atomic E-state index is 0.625. The van der Waals surface area contributed by atoms with Gasteiger partial charge in [0.25, 0.3) is 0 Å². The van der Waals surface area contributed by atoms with Crippen molar-refractivity contribution in [1.29, 1.82) is 0 Å². The number of piperidine rings is 1. The third-order valence-corrected chi connectivity index (χ3v) is 3.48. The molecular weight excluding hydrogens is 202 g/mol. The van der Waals surface area contributed by atoms with Crippen LogP contribution in [0.4, 0.5) is 0 Å². The van der Waals surface area contributed by atoms with Crippen LogP contribution in [0, 0.1) is 12.8 Å². The van der Waals surface area contributed by atoms with Crippen molar-refractivity contribution in [3.63, 3.8) is 0 Å². The Labute approximate surface area is 96.8 Å². The fraction of sp³-hybridized carbons (Fsp3) is 0.750. The van der Waals surface area contributed by atoms with Crippen molar-refractivity contribution >= 4 is 0 Å². The molecule has 0 saturated carbocycles. The summed E-state index contributed by atoms with van der Waals surface area (Å²) in [4.78, 5) is 2.46. The Morgan fingerprint density at radius 1 is 1.56 bits per heavy atom. The van der Waals surface area contributed by atoms with Gasteiger partial charge in [-0.3, -0.25) is 4.90 Å². The van der Waals surface area contributed by atoms with Crippen molar-refractivity contribution in [2.45, 2.75) is 39.3 Å². The zero-order valence-corrected chi connectivity index (χ0v) is 10.1. The molecule has 4 heteroatoms. The van der Waals surface area contributed by atoms with Crippen LogP contribution in [-0.4, -0.2) is 29.2 Å². The lowest BCUT2D eigenvalue weighted by Gasteiger charge is -2.37. The average Bonchev–Trinajstić information content (AvgIpc) is 2.67. The second-order valence-corrected chi connectivity index (χ2v) is 4.89. The molecule has 2 atom stereocenters. The van der Waals surface area contributed by atoms with Gasteiger partial charge >= 0.3 is 0 Å². The molecule has 1 fully saturated rings. The lowest BCUT2D eigenvalue weighted by atomic mass is 9.93. The zero-order valence-electron chi connectivity index (χ0n) is 10.1. The number of hydrogen-bond donors (Lipinski definition) is 1. The molecule has 2 heterocycles. The summed E-state index contributed by atoms with van der Waals surface area (Å²) < 4.78 is 5.09. The monoisotopic (exact) mass is 223 g/mol. The van der Waals surface area contributed by atoms with Crippen LogP contribution >= 0.6 is 0 Å². The first-order valence-corrected chi connectivity index (χ1v) is 6.05. The third-order valence-electron chi connectivity index (χ3n) is 3.48. The van der Waals surface area contributed by atoms with E-state index in [0.29, 0.717) is 12.0 Å². The van der Waals surface area contributed by atoms with Gasteiger partial charge in [-0.2, -0.15) is 0 Å². The van der Waals surface area contributed by atoms with Crippen molar-refractivity contribution in [3.8, 4) is 0 Å². The minimum absolute atomic E-state index is 0.625. The standard InChI is InChI=1S/C12H21N3O/c1-9-3-4-11(6-13)7-15(9)8-12-5-10(2)16-14-12/h5,9,11H,3-4,6-8,13H2,1-2H3. The number of aromatic nitrogens is 1. The Hall–Kier alpha value is -0.870. The van der Waals surface area contributed by atoms with Crippen LogP contribution in [0.3, 0.4) is 0 Å². The predicted molar refractivity (Wildman–Crippen MR) is 62.9 cm³/mol. The Balaban J connectivity index is 1.96. The highest BCUT2D eigenvalue weighted by Crippen LogP contribution is 2.22. The van der Waals surface area contributed by atoms with Gasteiger partial charge in [0.2, 0.25) is 0 Å². The molecule has 0 bridgehead atoms. The summed E-state index contributed by atoms with van der Waals surface area (Å²) in [5, 5.41) is 4.05. The molecule has 1 saturated heterocycles. The highest BCUT2D eigenvalue weighted by molar-refractivity contribution is 5.03. The maximum Gasteiger partial charge on any atom is 0.133 e. The molecule has 0 radical (unpaired) electrons. The SMILES string of the molecule is Cc1cc(CN2CC(CN)CCC2C)no1. The summed E-state index contributed by atoms with van der Waals surface area (Å²) >= 11 is 0. The van der Waals surface area contributed by atoms with Crippen molar-refractivity contribution < 1.29 is 4.52 Å². The maximum atomic E-state index is 5.75. The van der Waals surface area contributed by atoms with Crippen molar-refractivity contribution in [2.24, 2.45) is 11.7 Å². The summed E-state index contributed by atoms with van der Waals surface area (Å²) in [6.07, 6.45) is 2.49. The van der Waals surface area contributed by atoms with Gasteiger partial charge in [-0.25, -0.2) is 0 Å². The molecule has 0 aliphatic carbocycles. The normalized spacial score (nSPS) is 27.2. The smallest absolute Gasteiger partial charge is 0.133 e. The maximum absolute atomic E-state index is 5.75. The summed E-state index contributed by atoms with van der Waals surface area (Å²) in [5.41, 5.74) is 6.78. The van der Waals surface area contributed by atoms with E-state index in [0.717, 1.165) is 31.1 Å².